The maximum Gasteiger partial charge on any atom is 0.0912 e. The molecule has 2 N–H and O–H groups in total. The number of rotatable bonds is 7. The van der Waals surface area contributed by atoms with Crippen molar-refractivity contribution in [1.29, 1.82) is 0 Å². The predicted octanol–water partition coefficient (Wildman–Crippen LogP) is 4.20. The van der Waals surface area contributed by atoms with Crippen molar-refractivity contribution < 1.29 is 5.11 Å². The van der Waals surface area contributed by atoms with Gasteiger partial charge in [-0.1, -0.05) is 48.5 Å². The van der Waals surface area contributed by atoms with Crippen LogP contribution in [0.1, 0.15) is 17.2 Å². The Bertz CT molecular complexity index is 988. The number of halogens is 1. The standard InChI is InChI=1S/C23H23N3O.ClH/c27-22(17-25-16-18-10-13-24-14-11-18)23(20-7-2-1-3-8-20)26-15-12-19-6-4-5-9-21(19)26;/h1-15,22-23,25,27H,16-17H2;1H. The number of pyridine rings is 1. The van der Waals surface area contributed by atoms with Crippen molar-refractivity contribution in [3.8, 4) is 0 Å². The summed E-state index contributed by atoms with van der Waals surface area (Å²) in [6, 6.07) is 24.4. The number of hydrogen-bond donors (Lipinski definition) is 2. The lowest BCUT2D eigenvalue weighted by Gasteiger charge is -2.26. The fourth-order valence-electron chi connectivity index (χ4n) is 3.54. The van der Waals surface area contributed by atoms with E-state index < -0.39 is 6.10 Å². The summed E-state index contributed by atoms with van der Waals surface area (Å²) in [5, 5.41) is 15.6. The Hall–Kier alpha value is -2.66. The first-order valence-electron chi connectivity index (χ1n) is 9.21. The normalized spacial score (nSPS) is 13.0. The number of aromatic nitrogens is 2. The van der Waals surface area contributed by atoms with E-state index in [2.05, 4.69) is 51.4 Å². The zero-order chi connectivity index (χ0) is 18.5. The second kappa shape index (κ2) is 9.51. The minimum atomic E-state index is -0.565. The SMILES string of the molecule is Cl.OC(CNCc1ccncc1)C(c1ccccc1)n1ccc2ccccc21. The second-order valence-electron chi connectivity index (χ2n) is 6.69. The molecule has 28 heavy (non-hydrogen) atoms. The summed E-state index contributed by atoms with van der Waals surface area (Å²) in [6.07, 6.45) is 5.07. The zero-order valence-corrected chi connectivity index (χ0v) is 16.3. The van der Waals surface area contributed by atoms with Gasteiger partial charge < -0.3 is 15.0 Å². The minimum Gasteiger partial charge on any atom is -0.389 e. The lowest BCUT2D eigenvalue weighted by molar-refractivity contribution is 0.129. The van der Waals surface area contributed by atoms with E-state index in [1.165, 1.54) is 5.39 Å². The third-order valence-electron chi connectivity index (χ3n) is 4.87. The van der Waals surface area contributed by atoms with Crippen LogP contribution >= 0.6 is 12.4 Å². The molecule has 0 aliphatic carbocycles. The van der Waals surface area contributed by atoms with Crippen molar-refractivity contribution in [1.82, 2.24) is 14.9 Å². The van der Waals surface area contributed by atoms with Crippen LogP contribution in [0.15, 0.2) is 91.4 Å². The predicted molar refractivity (Wildman–Crippen MR) is 116 cm³/mol. The fraction of sp³-hybridized carbons (Fsp3) is 0.174. The van der Waals surface area contributed by atoms with Crippen molar-refractivity contribution in [2.24, 2.45) is 0 Å². The molecule has 0 saturated carbocycles. The van der Waals surface area contributed by atoms with Crippen molar-refractivity contribution in [3.63, 3.8) is 0 Å². The molecule has 0 bridgehead atoms. The smallest absolute Gasteiger partial charge is 0.0912 e. The van der Waals surface area contributed by atoms with E-state index in [1.807, 2.05) is 42.5 Å². The average Bonchev–Trinajstić information content (AvgIpc) is 3.14. The van der Waals surface area contributed by atoms with E-state index in [0.29, 0.717) is 13.1 Å². The number of fused-ring (bicyclic) bond motifs is 1. The molecule has 4 aromatic rings. The average molecular weight is 394 g/mol. The molecule has 4 nitrogen and oxygen atoms in total. The molecule has 0 spiro atoms. The van der Waals surface area contributed by atoms with Gasteiger partial charge in [0.05, 0.1) is 12.1 Å². The molecule has 0 fully saturated rings. The van der Waals surface area contributed by atoms with Gasteiger partial charge in [0.2, 0.25) is 0 Å². The van der Waals surface area contributed by atoms with Crippen molar-refractivity contribution >= 4 is 23.3 Å². The third-order valence-corrected chi connectivity index (χ3v) is 4.87. The van der Waals surface area contributed by atoms with Crippen LogP contribution in [-0.2, 0) is 6.54 Å². The van der Waals surface area contributed by atoms with Crippen molar-refractivity contribution in [2.75, 3.05) is 6.54 Å². The number of benzene rings is 2. The van der Waals surface area contributed by atoms with Gasteiger partial charge in [0, 0.05) is 37.2 Å². The summed E-state index contributed by atoms with van der Waals surface area (Å²) in [6.45, 7) is 1.20. The summed E-state index contributed by atoms with van der Waals surface area (Å²) >= 11 is 0. The Morgan fingerprint density at radius 2 is 1.61 bits per heavy atom. The van der Waals surface area contributed by atoms with E-state index in [-0.39, 0.29) is 18.4 Å². The Kier molecular flexibility index (Phi) is 6.82. The van der Waals surface area contributed by atoms with Crippen molar-refractivity contribution in [3.05, 3.63) is 103 Å². The second-order valence-corrected chi connectivity index (χ2v) is 6.69. The van der Waals surface area contributed by atoms with Crippen LogP contribution in [0.5, 0.6) is 0 Å². The largest absolute Gasteiger partial charge is 0.389 e. The van der Waals surface area contributed by atoms with Crippen LogP contribution in [0.3, 0.4) is 0 Å². The van der Waals surface area contributed by atoms with Gasteiger partial charge in [-0.05, 0) is 40.8 Å². The van der Waals surface area contributed by atoms with Crippen LogP contribution in [-0.4, -0.2) is 27.3 Å². The highest BCUT2D eigenvalue weighted by Crippen LogP contribution is 2.27. The molecule has 5 heteroatoms. The third kappa shape index (κ3) is 4.42. The minimum absolute atomic E-state index is 0. The molecule has 2 heterocycles. The molecule has 0 aliphatic heterocycles. The summed E-state index contributed by atoms with van der Waals surface area (Å²) < 4.78 is 2.17. The number of nitrogens with one attached hydrogen (secondary N) is 1. The molecule has 2 atom stereocenters. The molecule has 2 aromatic heterocycles. The molecule has 0 saturated heterocycles. The lowest BCUT2D eigenvalue weighted by atomic mass is 10.0. The van der Waals surface area contributed by atoms with E-state index in [1.54, 1.807) is 12.4 Å². The van der Waals surface area contributed by atoms with Crippen LogP contribution < -0.4 is 5.32 Å². The highest BCUT2D eigenvalue weighted by molar-refractivity contribution is 5.85. The van der Waals surface area contributed by atoms with E-state index in [0.717, 1.165) is 16.6 Å². The number of aliphatic hydroxyl groups is 1. The lowest BCUT2D eigenvalue weighted by Crippen LogP contribution is -2.34. The zero-order valence-electron chi connectivity index (χ0n) is 15.5. The molecule has 2 unspecified atom stereocenters. The topological polar surface area (TPSA) is 50.1 Å². The van der Waals surface area contributed by atoms with Crippen LogP contribution in [0, 0.1) is 0 Å². The maximum atomic E-state index is 11.1. The maximum absolute atomic E-state index is 11.1. The first-order chi connectivity index (χ1) is 13.3. The fourth-order valence-corrected chi connectivity index (χ4v) is 3.54. The molecular formula is C23H24ClN3O. The van der Waals surface area contributed by atoms with Crippen molar-refractivity contribution in [2.45, 2.75) is 18.7 Å². The van der Waals surface area contributed by atoms with E-state index >= 15 is 0 Å². The highest BCUT2D eigenvalue weighted by atomic mass is 35.5. The summed E-state index contributed by atoms with van der Waals surface area (Å²) in [4.78, 5) is 4.04. The number of aliphatic hydroxyl groups excluding tert-OH is 1. The van der Waals surface area contributed by atoms with Crippen LogP contribution in [0.2, 0.25) is 0 Å². The van der Waals surface area contributed by atoms with Gasteiger partial charge in [-0.3, -0.25) is 4.98 Å². The highest BCUT2D eigenvalue weighted by Gasteiger charge is 2.23. The first-order valence-corrected chi connectivity index (χ1v) is 9.21. The molecule has 4 rings (SSSR count). The number of hydrogen-bond acceptors (Lipinski definition) is 3. The van der Waals surface area contributed by atoms with Gasteiger partial charge in [-0.15, -0.1) is 12.4 Å². The van der Waals surface area contributed by atoms with Gasteiger partial charge in [0.25, 0.3) is 0 Å². The number of para-hydroxylation sites is 1. The van der Waals surface area contributed by atoms with E-state index in [4.69, 9.17) is 0 Å². The van der Waals surface area contributed by atoms with Crippen LogP contribution in [0.25, 0.3) is 10.9 Å². The Morgan fingerprint density at radius 1 is 0.893 bits per heavy atom. The Labute approximate surface area is 171 Å². The molecule has 144 valence electrons. The van der Waals surface area contributed by atoms with Gasteiger partial charge >= 0.3 is 0 Å². The summed E-state index contributed by atoms with van der Waals surface area (Å²) in [7, 11) is 0. The summed E-state index contributed by atoms with van der Waals surface area (Å²) in [5.74, 6) is 0. The molecule has 0 radical (unpaired) electrons. The monoisotopic (exact) mass is 393 g/mol. The molecule has 0 amide bonds. The molecule has 0 aliphatic rings. The molecular weight excluding hydrogens is 370 g/mol. The quantitative estimate of drug-likeness (QED) is 0.494. The van der Waals surface area contributed by atoms with Crippen LogP contribution in [0.4, 0.5) is 0 Å². The van der Waals surface area contributed by atoms with E-state index in [9.17, 15) is 5.11 Å². The molecule has 2 aromatic carbocycles. The van der Waals surface area contributed by atoms with Gasteiger partial charge in [-0.25, -0.2) is 0 Å². The Morgan fingerprint density at radius 3 is 2.39 bits per heavy atom. The Balaban J connectivity index is 0.00000225. The van der Waals surface area contributed by atoms with Gasteiger partial charge in [0.15, 0.2) is 0 Å². The number of nitrogens with zero attached hydrogens (tertiary/aromatic N) is 2. The summed E-state index contributed by atoms with van der Waals surface area (Å²) in [5.41, 5.74) is 3.37. The first kappa shape index (κ1) is 20.1. The van der Waals surface area contributed by atoms with Gasteiger partial charge in [-0.2, -0.15) is 0 Å². The van der Waals surface area contributed by atoms with Gasteiger partial charge in [0.1, 0.15) is 0 Å².